The number of piperazine rings is 1. The van der Waals surface area contributed by atoms with Crippen molar-refractivity contribution in [2.75, 3.05) is 33.3 Å². The van der Waals surface area contributed by atoms with Crippen molar-refractivity contribution in [3.05, 3.63) is 10.8 Å². The van der Waals surface area contributed by atoms with Crippen LogP contribution in [-0.2, 0) is 17.9 Å². The van der Waals surface area contributed by atoms with E-state index in [0.29, 0.717) is 6.61 Å². The Morgan fingerprint density at radius 2 is 2.17 bits per heavy atom. The molecule has 0 aliphatic carbocycles. The lowest BCUT2D eigenvalue weighted by Gasteiger charge is -2.25. The van der Waals surface area contributed by atoms with Crippen LogP contribution in [-0.4, -0.2) is 58.0 Å². The highest BCUT2D eigenvalue weighted by Gasteiger charge is 2.15. The molecule has 0 bridgehead atoms. The second-order valence-corrected chi connectivity index (χ2v) is 5.31. The molecule has 0 saturated carbocycles. The molecule has 0 aromatic carbocycles. The molecule has 1 aliphatic heterocycles. The van der Waals surface area contributed by atoms with Crippen LogP contribution >= 0.6 is 11.3 Å². The minimum atomic E-state index is 0.442. The quantitative estimate of drug-likeness (QED) is 0.824. The Balaban J connectivity index is 1.76. The fourth-order valence-corrected chi connectivity index (χ4v) is 2.94. The number of rotatable bonds is 4. The molecule has 0 atom stereocenters. The Hall–Kier alpha value is -1.09. The Morgan fingerprint density at radius 1 is 1.33 bits per heavy atom. The van der Waals surface area contributed by atoms with Crippen LogP contribution in [0.2, 0.25) is 0 Å². The number of nitrogens with one attached hydrogen (secondary N) is 1. The van der Waals surface area contributed by atoms with Gasteiger partial charge in [-0.15, -0.1) is 10.2 Å². The maximum Gasteiger partial charge on any atom is 0.234 e. The number of hydrogen-bond donors (Lipinski definition) is 1. The summed E-state index contributed by atoms with van der Waals surface area (Å²) in [7, 11) is 1.65. The summed E-state index contributed by atoms with van der Waals surface area (Å²) in [4.78, 5) is 3.24. The third kappa shape index (κ3) is 2.37. The SMILES string of the molecule is COCc1nnc2sc(CN3CCNCC3)nn12. The normalized spacial score (nSPS) is 17.6. The van der Waals surface area contributed by atoms with Gasteiger partial charge in [0, 0.05) is 33.3 Å². The molecule has 3 heterocycles. The highest BCUT2D eigenvalue weighted by Crippen LogP contribution is 2.16. The second-order valence-electron chi connectivity index (χ2n) is 4.27. The summed E-state index contributed by atoms with van der Waals surface area (Å²) < 4.78 is 6.86. The van der Waals surface area contributed by atoms with E-state index in [4.69, 9.17) is 4.74 Å². The summed E-state index contributed by atoms with van der Waals surface area (Å²) >= 11 is 1.60. The van der Waals surface area contributed by atoms with Gasteiger partial charge in [-0.3, -0.25) is 4.90 Å². The molecule has 7 nitrogen and oxygen atoms in total. The molecule has 2 aromatic rings. The predicted molar refractivity (Wildman–Crippen MR) is 67.5 cm³/mol. The van der Waals surface area contributed by atoms with Crippen LogP contribution in [0.3, 0.4) is 0 Å². The maximum atomic E-state index is 5.08. The number of nitrogens with zero attached hydrogens (tertiary/aromatic N) is 5. The number of hydrogen-bond acceptors (Lipinski definition) is 7. The van der Waals surface area contributed by atoms with Crippen molar-refractivity contribution >= 4 is 16.3 Å². The standard InChI is InChI=1S/C10H16N6OS/c1-17-7-8-12-13-10-16(8)14-9(18-10)6-15-4-2-11-3-5-15/h11H,2-7H2,1H3. The first-order chi connectivity index (χ1) is 8.86. The molecular weight excluding hydrogens is 252 g/mol. The summed E-state index contributed by atoms with van der Waals surface area (Å²) in [6.45, 7) is 5.59. The summed E-state index contributed by atoms with van der Waals surface area (Å²) in [6, 6.07) is 0. The summed E-state index contributed by atoms with van der Waals surface area (Å²) in [5.41, 5.74) is 0. The van der Waals surface area contributed by atoms with Crippen LogP contribution in [0, 0.1) is 0 Å². The van der Waals surface area contributed by atoms with Crippen molar-refractivity contribution in [3.8, 4) is 0 Å². The lowest BCUT2D eigenvalue weighted by Crippen LogP contribution is -2.42. The van der Waals surface area contributed by atoms with Crippen LogP contribution in [0.5, 0.6) is 0 Å². The van der Waals surface area contributed by atoms with Crippen LogP contribution in [0.15, 0.2) is 0 Å². The van der Waals surface area contributed by atoms with Crippen LogP contribution in [0.25, 0.3) is 4.96 Å². The Kier molecular flexibility index (Phi) is 3.50. The largest absolute Gasteiger partial charge is 0.377 e. The zero-order valence-electron chi connectivity index (χ0n) is 10.3. The van der Waals surface area contributed by atoms with Gasteiger partial charge >= 0.3 is 0 Å². The molecule has 0 spiro atoms. The van der Waals surface area contributed by atoms with Gasteiger partial charge in [0.15, 0.2) is 5.82 Å². The van der Waals surface area contributed by atoms with Gasteiger partial charge in [-0.25, -0.2) is 0 Å². The minimum Gasteiger partial charge on any atom is -0.377 e. The van der Waals surface area contributed by atoms with Gasteiger partial charge in [-0.2, -0.15) is 9.61 Å². The highest BCUT2D eigenvalue weighted by molar-refractivity contribution is 7.16. The van der Waals surface area contributed by atoms with Crippen LogP contribution < -0.4 is 5.32 Å². The van der Waals surface area contributed by atoms with Gasteiger partial charge in [-0.1, -0.05) is 11.3 Å². The third-order valence-corrected chi connectivity index (χ3v) is 3.82. The molecule has 0 unspecified atom stereocenters. The second kappa shape index (κ2) is 5.27. The molecule has 1 fully saturated rings. The van der Waals surface area contributed by atoms with Gasteiger partial charge < -0.3 is 10.1 Å². The first kappa shape index (κ1) is 12.0. The number of methoxy groups -OCH3 is 1. The third-order valence-electron chi connectivity index (χ3n) is 2.94. The average Bonchev–Trinajstić information content (AvgIpc) is 2.93. The first-order valence-corrected chi connectivity index (χ1v) is 6.80. The lowest BCUT2D eigenvalue weighted by molar-refractivity contribution is 0.175. The molecule has 98 valence electrons. The highest BCUT2D eigenvalue weighted by atomic mass is 32.1. The monoisotopic (exact) mass is 268 g/mol. The van der Waals surface area contributed by atoms with E-state index in [-0.39, 0.29) is 0 Å². The molecule has 18 heavy (non-hydrogen) atoms. The zero-order chi connectivity index (χ0) is 12.4. The van der Waals surface area contributed by atoms with E-state index in [1.807, 2.05) is 0 Å². The average molecular weight is 268 g/mol. The van der Waals surface area contributed by atoms with E-state index < -0.39 is 0 Å². The number of aromatic nitrogens is 4. The predicted octanol–water partition coefficient (Wildman–Crippen LogP) is -0.263. The molecule has 2 aromatic heterocycles. The van der Waals surface area contributed by atoms with E-state index in [2.05, 4.69) is 25.5 Å². The zero-order valence-corrected chi connectivity index (χ0v) is 11.1. The van der Waals surface area contributed by atoms with Crippen molar-refractivity contribution in [2.24, 2.45) is 0 Å². The van der Waals surface area contributed by atoms with Gasteiger partial charge in [0.1, 0.15) is 11.6 Å². The van der Waals surface area contributed by atoms with E-state index in [1.54, 1.807) is 23.0 Å². The molecular formula is C10H16N6OS. The number of ether oxygens (including phenoxy) is 1. The van der Waals surface area contributed by atoms with Gasteiger partial charge in [0.25, 0.3) is 0 Å². The van der Waals surface area contributed by atoms with Crippen LogP contribution in [0.4, 0.5) is 0 Å². The maximum absolute atomic E-state index is 5.08. The first-order valence-electron chi connectivity index (χ1n) is 5.99. The summed E-state index contributed by atoms with van der Waals surface area (Å²) in [5.74, 6) is 0.760. The van der Waals surface area contributed by atoms with E-state index >= 15 is 0 Å². The Labute approximate surface area is 109 Å². The fourth-order valence-electron chi connectivity index (χ4n) is 2.04. The van der Waals surface area contributed by atoms with Crippen molar-refractivity contribution in [2.45, 2.75) is 13.2 Å². The molecule has 1 saturated heterocycles. The minimum absolute atomic E-state index is 0.442. The van der Waals surface area contributed by atoms with Crippen molar-refractivity contribution in [1.82, 2.24) is 30.0 Å². The summed E-state index contributed by atoms with van der Waals surface area (Å²) in [6.07, 6.45) is 0. The molecule has 1 aliphatic rings. The number of fused-ring (bicyclic) bond motifs is 1. The molecule has 3 rings (SSSR count). The van der Waals surface area contributed by atoms with Gasteiger partial charge in [0.05, 0.1) is 6.54 Å². The fraction of sp³-hybridized carbons (Fsp3) is 0.700. The smallest absolute Gasteiger partial charge is 0.234 e. The molecule has 8 heteroatoms. The van der Waals surface area contributed by atoms with Gasteiger partial charge in [-0.05, 0) is 0 Å². The van der Waals surface area contributed by atoms with Crippen LogP contribution in [0.1, 0.15) is 10.8 Å². The molecule has 0 radical (unpaired) electrons. The Bertz CT molecular complexity index is 517. The molecule has 0 amide bonds. The molecule has 1 N–H and O–H groups in total. The van der Waals surface area contributed by atoms with Crippen molar-refractivity contribution < 1.29 is 4.74 Å². The van der Waals surface area contributed by atoms with E-state index in [1.165, 1.54) is 0 Å². The topological polar surface area (TPSA) is 67.6 Å². The van der Waals surface area contributed by atoms with Gasteiger partial charge in [0.2, 0.25) is 4.96 Å². The Morgan fingerprint density at radius 3 is 2.94 bits per heavy atom. The van der Waals surface area contributed by atoms with Crippen molar-refractivity contribution in [3.63, 3.8) is 0 Å². The summed E-state index contributed by atoms with van der Waals surface area (Å²) in [5, 5.41) is 17.1. The lowest BCUT2D eigenvalue weighted by atomic mass is 10.4. The van der Waals surface area contributed by atoms with E-state index in [0.717, 1.165) is 48.5 Å². The van der Waals surface area contributed by atoms with Crippen molar-refractivity contribution in [1.29, 1.82) is 0 Å². The van der Waals surface area contributed by atoms with E-state index in [9.17, 15) is 0 Å².